The summed E-state index contributed by atoms with van der Waals surface area (Å²) in [5.41, 5.74) is 5.01. The lowest BCUT2D eigenvalue weighted by atomic mass is 10.4. The van der Waals surface area contributed by atoms with E-state index in [1.807, 2.05) is 0 Å². The Hall–Kier alpha value is -1.47. The minimum Gasteiger partial charge on any atom is -0.369 e. The van der Waals surface area contributed by atoms with Gasteiger partial charge in [-0.15, -0.1) is 0 Å². The van der Waals surface area contributed by atoms with Crippen molar-refractivity contribution in [2.24, 2.45) is 5.73 Å². The van der Waals surface area contributed by atoms with Crippen molar-refractivity contribution in [2.45, 2.75) is 0 Å². The maximum atomic E-state index is 11.5. The predicted octanol–water partition coefficient (Wildman–Crippen LogP) is 0.200. The molecule has 3 N–H and O–H groups in total. The fourth-order valence-corrected chi connectivity index (χ4v) is 1.43. The molecular weight excluding hydrogens is 288 g/mol. The van der Waals surface area contributed by atoms with Crippen LogP contribution in [0, 0.1) is 0 Å². The summed E-state index contributed by atoms with van der Waals surface area (Å²) in [5, 5.41) is 2.61. The molecule has 0 fully saturated rings. The number of amides is 2. The molecule has 2 amide bonds. The van der Waals surface area contributed by atoms with Gasteiger partial charge in [0.05, 0.1) is 13.1 Å². The maximum Gasteiger partial charge on any atom is 0.239 e. The molecule has 1 rings (SSSR count). The summed E-state index contributed by atoms with van der Waals surface area (Å²) in [6.07, 6.45) is 1.59. The Balaban J connectivity index is 2.44. The van der Waals surface area contributed by atoms with E-state index in [1.165, 1.54) is 4.90 Å². The van der Waals surface area contributed by atoms with Gasteiger partial charge in [-0.2, -0.15) is 0 Å². The zero-order valence-corrected chi connectivity index (χ0v) is 10.9. The van der Waals surface area contributed by atoms with Crippen molar-refractivity contribution in [3.8, 4) is 0 Å². The standard InChI is InChI=1S/C10H13BrN4O2/c1-15(5-8(12)16)6-10(17)14-9-3-2-7(11)4-13-9/h2-4H,5-6H2,1H3,(H2,12,16)(H,13,14,17). The van der Waals surface area contributed by atoms with E-state index in [4.69, 9.17) is 5.73 Å². The van der Waals surface area contributed by atoms with Crippen LogP contribution in [-0.2, 0) is 9.59 Å². The fourth-order valence-electron chi connectivity index (χ4n) is 1.20. The molecule has 1 aromatic rings. The maximum absolute atomic E-state index is 11.5. The number of hydrogen-bond acceptors (Lipinski definition) is 4. The monoisotopic (exact) mass is 300 g/mol. The number of hydrogen-bond donors (Lipinski definition) is 2. The topological polar surface area (TPSA) is 88.3 Å². The number of nitrogens with zero attached hydrogens (tertiary/aromatic N) is 2. The van der Waals surface area contributed by atoms with Gasteiger partial charge >= 0.3 is 0 Å². The summed E-state index contributed by atoms with van der Waals surface area (Å²) in [5.74, 6) is -0.253. The Morgan fingerprint density at radius 3 is 2.71 bits per heavy atom. The molecule has 0 saturated carbocycles. The summed E-state index contributed by atoms with van der Waals surface area (Å²) in [6.45, 7) is 0.127. The molecule has 92 valence electrons. The van der Waals surface area contributed by atoms with Crippen LogP contribution < -0.4 is 11.1 Å². The van der Waals surface area contributed by atoms with Gasteiger partial charge in [0.25, 0.3) is 0 Å². The van der Waals surface area contributed by atoms with Gasteiger partial charge in [0.1, 0.15) is 5.82 Å². The second-order valence-electron chi connectivity index (χ2n) is 3.55. The average Bonchev–Trinajstić information content (AvgIpc) is 2.19. The smallest absolute Gasteiger partial charge is 0.239 e. The highest BCUT2D eigenvalue weighted by Gasteiger charge is 2.09. The normalized spacial score (nSPS) is 10.3. The van der Waals surface area contributed by atoms with Gasteiger partial charge in [0.15, 0.2) is 0 Å². The first-order chi connectivity index (χ1) is 7.97. The lowest BCUT2D eigenvalue weighted by Crippen LogP contribution is -2.36. The van der Waals surface area contributed by atoms with Gasteiger partial charge in [-0.1, -0.05) is 0 Å². The molecule has 0 aliphatic carbocycles. The Labute approximate surface area is 107 Å². The number of anilines is 1. The first-order valence-corrected chi connectivity index (χ1v) is 5.65. The molecule has 0 atom stereocenters. The number of carbonyl (C=O) groups excluding carboxylic acids is 2. The summed E-state index contributed by atoms with van der Waals surface area (Å²) in [6, 6.07) is 3.45. The quantitative estimate of drug-likeness (QED) is 0.813. The van der Waals surface area contributed by atoms with Crippen molar-refractivity contribution < 1.29 is 9.59 Å². The number of nitrogens with one attached hydrogen (secondary N) is 1. The van der Waals surface area contributed by atoms with Crippen LogP contribution in [0.2, 0.25) is 0 Å². The highest BCUT2D eigenvalue weighted by atomic mass is 79.9. The van der Waals surface area contributed by atoms with Gasteiger partial charge in [-0.25, -0.2) is 4.98 Å². The molecule has 0 radical (unpaired) electrons. The highest BCUT2D eigenvalue weighted by molar-refractivity contribution is 9.10. The van der Waals surface area contributed by atoms with Crippen LogP contribution in [0.4, 0.5) is 5.82 Å². The molecule has 1 heterocycles. The molecular formula is C10H13BrN4O2. The van der Waals surface area contributed by atoms with Crippen molar-refractivity contribution in [3.63, 3.8) is 0 Å². The minimum absolute atomic E-state index is 0.0428. The van der Waals surface area contributed by atoms with Crippen LogP contribution in [0.3, 0.4) is 0 Å². The summed E-state index contributed by atoms with van der Waals surface area (Å²) in [4.78, 5) is 27.7. The SMILES string of the molecule is CN(CC(N)=O)CC(=O)Nc1ccc(Br)cn1. The van der Waals surface area contributed by atoms with E-state index in [0.29, 0.717) is 5.82 Å². The zero-order valence-electron chi connectivity index (χ0n) is 9.31. The van der Waals surface area contributed by atoms with Gasteiger partial charge in [0.2, 0.25) is 11.8 Å². The van der Waals surface area contributed by atoms with E-state index in [9.17, 15) is 9.59 Å². The van der Waals surface area contributed by atoms with Crippen molar-refractivity contribution in [1.29, 1.82) is 0 Å². The Morgan fingerprint density at radius 2 is 2.18 bits per heavy atom. The third-order valence-corrected chi connectivity index (χ3v) is 2.30. The van der Waals surface area contributed by atoms with Crippen molar-refractivity contribution in [3.05, 3.63) is 22.8 Å². The second-order valence-corrected chi connectivity index (χ2v) is 4.46. The number of aromatic nitrogens is 1. The van der Waals surface area contributed by atoms with E-state index in [-0.39, 0.29) is 19.0 Å². The third-order valence-electron chi connectivity index (χ3n) is 1.83. The summed E-state index contributed by atoms with van der Waals surface area (Å²) >= 11 is 3.24. The molecule has 0 aliphatic heterocycles. The number of halogens is 1. The number of primary amides is 1. The predicted molar refractivity (Wildman–Crippen MR) is 67.3 cm³/mol. The van der Waals surface area contributed by atoms with Gasteiger partial charge in [-0.3, -0.25) is 14.5 Å². The number of pyridine rings is 1. The average molecular weight is 301 g/mol. The number of likely N-dealkylation sites (N-methyl/N-ethyl adjacent to an activating group) is 1. The van der Waals surface area contributed by atoms with Crippen LogP contribution >= 0.6 is 15.9 Å². The van der Waals surface area contributed by atoms with Crippen LogP contribution in [-0.4, -0.2) is 41.8 Å². The van der Waals surface area contributed by atoms with Crippen LogP contribution in [0.5, 0.6) is 0 Å². The van der Waals surface area contributed by atoms with Gasteiger partial charge in [0, 0.05) is 10.7 Å². The summed E-state index contributed by atoms with van der Waals surface area (Å²) in [7, 11) is 1.64. The first-order valence-electron chi connectivity index (χ1n) is 4.85. The largest absolute Gasteiger partial charge is 0.369 e. The Kier molecular flexibility index (Phi) is 5.05. The number of carbonyl (C=O) groups is 2. The molecule has 1 aromatic heterocycles. The molecule has 0 unspecified atom stereocenters. The van der Waals surface area contributed by atoms with Crippen molar-refractivity contribution in [2.75, 3.05) is 25.5 Å². The molecule has 7 heteroatoms. The molecule has 0 spiro atoms. The molecule has 0 saturated heterocycles. The molecule has 6 nitrogen and oxygen atoms in total. The highest BCUT2D eigenvalue weighted by Crippen LogP contribution is 2.10. The van der Waals surface area contributed by atoms with Gasteiger partial charge < -0.3 is 11.1 Å². The molecule has 0 aromatic carbocycles. The van der Waals surface area contributed by atoms with Crippen molar-refractivity contribution >= 4 is 33.6 Å². The molecule has 0 aliphatic rings. The van der Waals surface area contributed by atoms with E-state index >= 15 is 0 Å². The Morgan fingerprint density at radius 1 is 1.47 bits per heavy atom. The van der Waals surface area contributed by atoms with Crippen LogP contribution in [0.15, 0.2) is 22.8 Å². The lowest BCUT2D eigenvalue weighted by molar-refractivity contribution is -0.120. The van der Waals surface area contributed by atoms with Gasteiger partial charge in [-0.05, 0) is 35.1 Å². The fraction of sp³-hybridized carbons (Fsp3) is 0.300. The lowest BCUT2D eigenvalue weighted by Gasteiger charge is -2.13. The van der Waals surface area contributed by atoms with E-state index in [2.05, 4.69) is 26.2 Å². The minimum atomic E-state index is -0.470. The van der Waals surface area contributed by atoms with Crippen LogP contribution in [0.1, 0.15) is 0 Å². The van der Waals surface area contributed by atoms with E-state index in [1.54, 1.807) is 25.4 Å². The number of rotatable bonds is 5. The van der Waals surface area contributed by atoms with E-state index in [0.717, 1.165) is 4.47 Å². The van der Waals surface area contributed by atoms with Crippen LogP contribution in [0.25, 0.3) is 0 Å². The molecule has 0 bridgehead atoms. The first kappa shape index (κ1) is 13.6. The number of nitrogens with two attached hydrogens (primary N) is 1. The summed E-state index contributed by atoms with van der Waals surface area (Å²) < 4.78 is 0.835. The van der Waals surface area contributed by atoms with E-state index < -0.39 is 5.91 Å². The zero-order chi connectivity index (χ0) is 12.8. The second kappa shape index (κ2) is 6.31. The molecule has 17 heavy (non-hydrogen) atoms. The Bertz CT molecular complexity index is 407. The van der Waals surface area contributed by atoms with Crippen molar-refractivity contribution in [1.82, 2.24) is 9.88 Å². The third kappa shape index (κ3) is 5.41.